The fourth-order valence-electron chi connectivity index (χ4n) is 3.57. The van der Waals surface area contributed by atoms with E-state index in [1.165, 1.54) is 0 Å². The number of pyridine rings is 2. The number of amides is 2. The Bertz CT molecular complexity index is 953. The van der Waals surface area contributed by atoms with Gasteiger partial charge >= 0.3 is 0 Å². The number of fused-ring (bicyclic) bond motifs is 1. The van der Waals surface area contributed by atoms with Crippen LogP contribution in [0.4, 0.5) is 0 Å². The van der Waals surface area contributed by atoms with Crippen LogP contribution in [0.1, 0.15) is 28.4 Å². The molecule has 0 bridgehead atoms. The van der Waals surface area contributed by atoms with Gasteiger partial charge < -0.3 is 14.6 Å². The lowest BCUT2D eigenvalue weighted by Gasteiger charge is -2.25. The van der Waals surface area contributed by atoms with Crippen molar-refractivity contribution in [3.8, 4) is 0 Å². The molecule has 1 aliphatic heterocycles. The average molecular weight is 349 g/mol. The Morgan fingerprint density at radius 1 is 1.23 bits per heavy atom. The van der Waals surface area contributed by atoms with E-state index in [9.17, 15) is 9.59 Å². The highest BCUT2D eigenvalue weighted by Crippen LogP contribution is 2.36. The molecule has 4 heterocycles. The number of aromatic nitrogens is 3. The second kappa shape index (κ2) is 6.59. The van der Waals surface area contributed by atoms with E-state index in [0.29, 0.717) is 18.5 Å². The number of nitrogens with zero attached hydrogens (tertiary/aromatic N) is 4. The van der Waals surface area contributed by atoms with Gasteiger partial charge in [0.1, 0.15) is 5.65 Å². The first kappa shape index (κ1) is 16.3. The lowest BCUT2D eigenvalue weighted by Crippen LogP contribution is -2.32. The monoisotopic (exact) mass is 349 g/mol. The summed E-state index contributed by atoms with van der Waals surface area (Å²) in [6, 6.07) is 7.34. The summed E-state index contributed by atoms with van der Waals surface area (Å²) in [6.07, 6.45) is 9.12. The molecule has 0 spiro atoms. The minimum atomic E-state index is -0.156. The molecule has 4 rings (SSSR count). The summed E-state index contributed by atoms with van der Waals surface area (Å²) in [6.45, 7) is 0.434. The summed E-state index contributed by atoms with van der Waals surface area (Å²) in [5.41, 5.74) is 2.39. The minimum Gasteiger partial charge on any atom is -0.352 e. The Labute approximate surface area is 150 Å². The molecule has 7 heteroatoms. The van der Waals surface area contributed by atoms with E-state index in [1.807, 2.05) is 29.6 Å². The van der Waals surface area contributed by atoms with Crippen molar-refractivity contribution in [3.05, 3.63) is 66.4 Å². The number of nitrogens with one attached hydrogen (secondary N) is 1. The Hall–Kier alpha value is -3.22. The van der Waals surface area contributed by atoms with Gasteiger partial charge in [0.25, 0.3) is 5.91 Å². The van der Waals surface area contributed by atoms with Gasteiger partial charge in [-0.1, -0.05) is 0 Å². The summed E-state index contributed by atoms with van der Waals surface area (Å²) in [5, 5.41) is 2.97. The zero-order valence-electron chi connectivity index (χ0n) is 14.4. The highest BCUT2D eigenvalue weighted by molar-refractivity contribution is 5.94. The number of carbonyl (C=O) groups is 2. The van der Waals surface area contributed by atoms with E-state index in [-0.39, 0.29) is 23.8 Å². The first-order chi connectivity index (χ1) is 12.6. The molecule has 3 aromatic heterocycles. The van der Waals surface area contributed by atoms with Gasteiger partial charge in [-0.3, -0.25) is 14.6 Å². The van der Waals surface area contributed by atoms with Gasteiger partial charge in [-0.05, 0) is 29.8 Å². The second-order valence-corrected chi connectivity index (χ2v) is 6.51. The SMILES string of the molecule is CN1C(=O)C[C@@H](CNC(=O)c2ccc3nccn3c2)[C@@H]1c1ccncc1. The van der Waals surface area contributed by atoms with Crippen LogP contribution in [0.2, 0.25) is 0 Å². The minimum absolute atomic E-state index is 0.0239. The number of likely N-dealkylation sites (tertiary alicyclic amines) is 1. The second-order valence-electron chi connectivity index (χ2n) is 6.51. The molecule has 1 fully saturated rings. The van der Waals surface area contributed by atoms with Crippen molar-refractivity contribution in [3.63, 3.8) is 0 Å². The molecule has 0 radical (unpaired) electrons. The Morgan fingerprint density at radius 2 is 2.04 bits per heavy atom. The first-order valence-electron chi connectivity index (χ1n) is 8.50. The number of carbonyl (C=O) groups excluding carboxylic acids is 2. The molecule has 1 aliphatic rings. The van der Waals surface area contributed by atoms with E-state index < -0.39 is 0 Å². The van der Waals surface area contributed by atoms with Gasteiger partial charge in [0.2, 0.25) is 5.91 Å². The molecule has 2 atom stereocenters. The molecule has 1 N–H and O–H groups in total. The van der Waals surface area contributed by atoms with E-state index >= 15 is 0 Å². The maximum atomic E-state index is 12.5. The summed E-state index contributed by atoms with van der Waals surface area (Å²) >= 11 is 0. The summed E-state index contributed by atoms with van der Waals surface area (Å²) in [7, 11) is 1.81. The van der Waals surface area contributed by atoms with Gasteiger partial charge in [-0.15, -0.1) is 0 Å². The molecule has 3 aromatic rings. The van der Waals surface area contributed by atoms with Crippen LogP contribution in [-0.4, -0.2) is 44.7 Å². The van der Waals surface area contributed by atoms with Gasteiger partial charge in [0.05, 0.1) is 11.6 Å². The van der Waals surface area contributed by atoms with Crippen molar-refractivity contribution in [1.82, 2.24) is 24.6 Å². The lowest BCUT2D eigenvalue weighted by molar-refractivity contribution is -0.127. The number of hydrogen-bond donors (Lipinski definition) is 1. The number of hydrogen-bond acceptors (Lipinski definition) is 4. The maximum absolute atomic E-state index is 12.5. The quantitative estimate of drug-likeness (QED) is 0.777. The Morgan fingerprint density at radius 3 is 2.85 bits per heavy atom. The van der Waals surface area contributed by atoms with E-state index in [0.717, 1.165) is 11.2 Å². The predicted molar refractivity (Wildman–Crippen MR) is 95.4 cm³/mol. The van der Waals surface area contributed by atoms with Crippen LogP contribution in [0.15, 0.2) is 55.2 Å². The predicted octanol–water partition coefficient (Wildman–Crippen LogP) is 1.68. The van der Waals surface area contributed by atoms with Gasteiger partial charge in [0, 0.05) is 56.9 Å². The van der Waals surface area contributed by atoms with Crippen LogP contribution < -0.4 is 5.32 Å². The van der Waals surface area contributed by atoms with Crippen molar-refractivity contribution >= 4 is 17.5 Å². The molecule has 0 saturated carbocycles. The third-order valence-corrected chi connectivity index (χ3v) is 4.92. The Kier molecular flexibility index (Phi) is 4.12. The molecular formula is C19H19N5O2. The Balaban J connectivity index is 1.48. The third-order valence-electron chi connectivity index (χ3n) is 4.92. The van der Waals surface area contributed by atoms with Crippen LogP contribution in [0, 0.1) is 5.92 Å². The first-order valence-corrected chi connectivity index (χ1v) is 8.50. The topological polar surface area (TPSA) is 79.6 Å². The third kappa shape index (κ3) is 2.92. The maximum Gasteiger partial charge on any atom is 0.252 e. The molecule has 0 unspecified atom stereocenters. The molecule has 1 saturated heterocycles. The van der Waals surface area contributed by atoms with Crippen molar-refractivity contribution in [2.75, 3.05) is 13.6 Å². The molecule has 2 amide bonds. The van der Waals surface area contributed by atoms with Crippen LogP contribution in [0.3, 0.4) is 0 Å². The fourth-order valence-corrected chi connectivity index (χ4v) is 3.57. The highest BCUT2D eigenvalue weighted by atomic mass is 16.2. The molecule has 0 aliphatic carbocycles. The lowest BCUT2D eigenvalue weighted by atomic mass is 9.94. The van der Waals surface area contributed by atoms with Crippen LogP contribution in [-0.2, 0) is 4.79 Å². The average Bonchev–Trinajstić information content (AvgIpc) is 3.24. The zero-order chi connectivity index (χ0) is 18.1. The van der Waals surface area contributed by atoms with E-state index in [1.54, 1.807) is 42.0 Å². The fraction of sp³-hybridized carbons (Fsp3) is 0.263. The van der Waals surface area contributed by atoms with Crippen molar-refractivity contribution in [2.24, 2.45) is 5.92 Å². The van der Waals surface area contributed by atoms with Gasteiger partial charge in [0.15, 0.2) is 0 Å². The standard InChI is InChI=1S/C19H19N5O2/c1-23-17(25)10-15(18(23)13-4-6-20-7-5-13)11-22-19(26)14-2-3-16-21-8-9-24(16)12-14/h2-9,12,15,18H,10-11H2,1H3,(H,22,26)/t15-,18-/m0/s1. The van der Waals surface area contributed by atoms with Crippen molar-refractivity contribution in [1.29, 1.82) is 0 Å². The van der Waals surface area contributed by atoms with Crippen molar-refractivity contribution in [2.45, 2.75) is 12.5 Å². The summed E-state index contributed by atoms with van der Waals surface area (Å²) < 4.78 is 1.81. The molecule has 132 valence electrons. The molecule has 26 heavy (non-hydrogen) atoms. The number of rotatable bonds is 4. The molecule has 0 aromatic carbocycles. The van der Waals surface area contributed by atoms with Gasteiger partial charge in [-0.2, -0.15) is 0 Å². The molecule has 7 nitrogen and oxygen atoms in total. The highest BCUT2D eigenvalue weighted by Gasteiger charge is 2.38. The smallest absolute Gasteiger partial charge is 0.252 e. The number of imidazole rings is 1. The molecular weight excluding hydrogens is 330 g/mol. The van der Waals surface area contributed by atoms with Crippen LogP contribution in [0.25, 0.3) is 5.65 Å². The summed E-state index contributed by atoms with van der Waals surface area (Å²) in [5.74, 6) is -0.0437. The van der Waals surface area contributed by atoms with Crippen molar-refractivity contribution < 1.29 is 9.59 Å². The zero-order valence-corrected chi connectivity index (χ0v) is 14.4. The van der Waals surface area contributed by atoms with E-state index in [2.05, 4.69) is 15.3 Å². The van der Waals surface area contributed by atoms with E-state index in [4.69, 9.17) is 0 Å². The van der Waals surface area contributed by atoms with Gasteiger partial charge in [-0.25, -0.2) is 4.98 Å². The largest absolute Gasteiger partial charge is 0.352 e. The normalized spacial score (nSPS) is 19.9. The van der Waals surface area contributed by atoms with Crippen LogP contribution >= 0.6 is 0 Å². The summed E-state index contributed by atoms with van der Waals surface area (Å²) in [4.78, 5) is 34.7. The van der Waals surface area contributed by atoms with Crippen LogP contribution in [0.5, 0.6) is 0 Å².